The van der Waals surface area contributed by atoms with Crippen LogP contribution >= 0.6 is 0 Å². The van der Waals surface area contributed by atoms with Crippen molar-refractivity contribution in [1.82, 2.24) is 10.2 Å². The first kappa shape index (κ1) is 14.2. The molecule has 0 aliphatic rings. The van der Waals surface area contributed by atoms with E-state index in [0.717, 1.165) is 5.69 Å². The number of aliphatic carboxylic acids is 1. The SMILES string of the molecule is CC(C)c1cc(NC(=O)CCCCC(=O)O)n[nH]1. The number of amides is 1. The van der Waals surface area contributed by atoms with Crippen LogP contribution in [0.2, 0.25) is 0 Å². The van der Waals surface area contributed by atoms with E-state index in [4.69, 9.17) is 5.11 Å². The Hall–Kier alpha value is -1.85. The Labute approximate surface area is 106 Å². The Bertz CT molecular complexity index is 412. The van der Waals surface area contributed by atoms with Crippen LogP contribution in [-0.4, -0.2) is 27.2 Å². The molecule has 6 nitrogen and oxygen atoms in total. The quantitative estimate of drug-likeness (QED) is 0.648. The highest BCUT2D eigenvalue weighted by Crippen LogP contribution is 2.15. The van der Waals surface area contributed by atoms with Gasteiger partial charge >= 0.3 is 5.97 Å². The zero-order chi connectivity index (χ0) is 13.5. The average molecular weight is 253 g/mol. The van der Waals surface area contributed by atoms with E-state index in [1.165, 1.54) is 0 Å². The minimum atomic E-state index is -0.829. The van der Waals surface area contributed by atoms with Crippen molar-refractivity contribution in [2.45, 2.75) is 45.4 Å². The molecular weight excluding hydrogens is 234 g/mol. The lowest BCUT2D eigenvalue weighted by Gasteiger charge is -2.01. The summed E-state index contributed by atoms with van der Waals surface area (Å²) in [6.45, 7) is 4.07. The Morgan fingerprint density at radius 3 is 2.61 bits per heavy atom. The Morgan fingerprint density at radius 2 is 2.06 bits per heavy atom. The summed E-state index contributed by atoms with van der Waals surface area (Å²) >= 11 is 0. The number of unbranched alkanes of at least 4 members (excludes halogenated alkanes) is 1. The molecule has 100 valence electrons. The van der Waals surface area contributed by atoms with E-state index in [2.05, 4.69) is 15.5 Å². The Kier molecular flexibility index (Phi) is 5.35. The minimum Gasteiger partial charge on any atom is -0.481 e. The monoisotopic (exact) mass is 253 g/mol. The maximum absolute atomic E-state index is 11.5. The second kappa shape index (κ2) is 6.78. The van der Waals surface area contributed by atoms with Crippen LogP contribution in [0.25, 0.3) is 0 Å². The van der Waals surface area contributed by atoms with Crippen LogP contribution in [0.3, 0.4) is 0 Å². The number of carbonyl (C=O) groups excluding carboxylic acids is 1. The molecule has 1 aromatic heterocycles. The zero-order valence-electron chi connectivity index (χ0n) is 10.7. The lowest BCUT2D eigenvalue weighted by Crippen LogP contribution is -2.11. The molecule has 1 aromatic rings. The summed E-state index contributed by atoms with van der Waals surface area (Å²) in [6.07, 6.45) is 1.50. The molecule has 3 N–H and O–H groups in total. The molecule has 6 heteroatoms. The van der Waals surface area contributed by atoms with Crippen LogP contribution in [0.5, 0.6) is 0 Å². The van der Waals surface area contributed by atoms with Gasteiger partial charge in [-0.1, -0.05) is 13.8 Å². The van der Waals surface area contributed by atoms with Crippen molar-refractivity contribution in [3.63, 3.8) is 0 Å². The van der Waals surface area contributed by atoms with Gasteiger partial charge in [-0.05, 0) is 18.8 Å². The number of aromatic amines is 1. The number of rotatable bonds is 7. The van der Waals surface area contributed by atoms with Gasteiger partial charge in [0.15, 0.2) is 5.82 Å². The van der Waals surface area contributed by atoms with Gasteiger partial charge < -0.3 is 10.4 Å². The van der Waals surface area contributed by atoms with Crippen molar-refractivity contribution < 1.29 is 14.7 Å². The van der Waals surface area contributed by atoms with E-state index in [0.29, 0.717) is 31.0 Å². The molecule has 0 aliphatic heterocycles. The molecule has 1 rings (SSSR count). The fraction of sp³-hybridized carbons (Fsp3) is 0.583. The topological polar surface area (TPSA) is 95.1 Å². The number of hydrogen-bond acceptors (Lipinski definition) is 3. The van der Waals surface area contributed by atoms with Gasteiger partial charge in [-0.25, -0.2) is 0 Å². The van der Waals surface area contributed by atoms with Crippen LogP contribution < -0.4 is 5.32 Å². The van der Waals surface area contributed by atoms with Gasteiger partial charge in [-0.2, -0.15) is 5.10 Å². The predicted molar refractivity (Wildman–Crippen MR) is 67.4 cm³/mol. The number of carbonyl (C=O) groups is 2. The number of hydrogen-bond donors (Lipinski definition) is 3. The molecule has 1 amide bonds. The van der Waals surface area contributed by atoms with Crippen LogP contribution in [0.4, 0.5) is 5.82 Å². The molecule has 0 saturated carbocycles. The summed E-state index contributed by atoms with van der Waals surface area (Å²) in [5.41, 5.74) is 0.969. The third-order valence-electron chi connectivity index (χ3n) is 2.53. The van der Waals surface area contributed by atoms with Gasteiger partial charge in [0, 0.05) is 24.6 Å². The number of carboxylic acids is 1. The van der Waals surface area contributed by atoms with E-state index in [1.54, 1.807) is 6.07 Å². The summed E-state index contributed by atoms with van der Waals surface area (Å²) in [6, 6.07) is 1.81. The van der Waals surface area contributed by atoms with Crippen molar-refractivity contribution in [1.29, 1.82) is 0 Å². The Morgan fingerprint density at radius 1 is 1.39 bits per heavy atom. The van der Waals surface area contributed by atoms with E-state index in [9.17, 15) is 9.59 Å². The van der Waals surface area contributed by atoms with Gasteiger partial charge in [0.1, 0.15) is 0 Å². The molecule has 0 aromatic carbocycles. The largest absolute Gasteiger partial charge is 0.481 e. The second-order valence-corrected chi connectivity index (χ2v) is 4.51. The van der Waals surface area contributed by atoms with Crippen molar-refractivity contribution in [3.8, 4) is 0 Å². The van der Waals surface area contributed by atoms with Crippen molar-refractivity contribution in [2.24, 2.45) is 0 Å². The molecule has 0 saturated heterocycles. The lowest BCUT2D eigenvalue weighted by molar-refractivity contribution is -0.137. The van der Waals surface area contributed by atoms with Gasteiger partial charge in [-0.15, -0.1) is 0 Å². The standard InChI is InChI=1S/C12H19N3O3/c1-8(2)9-7-10(15-14-9)13-11(16)5-3-4-6-12(17)18/h7-8H,3-6H2,1-2H3,(H,17,18)(H2,13,14,15,16). The van der Waals surface area contributed by atoms with Gasteiger partial charge in [-0.3, -0.25) is 14.7 Å². The van der Waals surface area contributed by atoms with Gasteiger partial charge in [0.05, 0.1) is 0 Å². The maximum Gasteiger partial charge on any atom is 0.303 e. The lowest BCUT2D eigenvalue weighted by atomic mass is 10.1. The summed E-state index contributed by atoms with van der Waals surface area (Å²) in [7, 11) is 0. The predicted octanol–water partition coefficient (Wildman–Crippen LogP) is 2.12. The number of nitrogens with one attached hydrogen (secondary N) is 2. The van der Waals surface area contributed by atoms with Gasteiger partial charge in [0.25, 0.3) is 0 Å². The molecule has 0 bridgehead atoms. The first-order chi connectivity index (χ1) is 8.49. The summed E-state index contributed by atoms with van der Waals surface area (Å²) in [5.74, 6) is -0.118. The molecular formula is C12H19N3O3. The summed E-state index contributed by atoms with van der Waals surface area (Å²) in [5, 5.41) is 18.0. The molecule has 0 radical (unpaired) electrons. The average Bonchev–Trinajstić information content (AvgIpc) is 2.72. The molecule has 0 atom stereocenters. The van der Waals surface area contributed by atoms with Gasteiger partial charge in [0.2, 0.25) is 5.91 Å². The molecule has 1 heterocycles. The Balaban J connectivity index is 2.28. The third kappa shape index (κ3) is 4.99. The van der Waals surface area contributed by atoms with E-state index in [1.807, 2.05) is 13.8 Å². The number of aromatic nitrogens is 2. The van der Waals surface area contributed by atoms with Crippen LogP contribution in [-0.2, 0) is 9.59 Å². The number of H-pyrrole nitrogens is 1. The van der Waals surface area contributed by atoms with Crippen molar-refractivity contribution in [3.05, 3.63) is 11.8 Å². The molecule has 0 spiro atoms. The number of anilines is 1. The highest BCUT2D eigenvalue weighted by molar-refractivity contribution is 5.89. The van der Waals surface area contributed by atoms with Crippen LogP contribution in [0, 0.1) is 0 Å². The molecule has 0 aliphatic carbocycles. The summed E-state index contributed by atoms with van der Waals surface area (Å²) < 4.78 is 0. The third-order valence-corrected chi connectivity index (χ3v) is 2.53. The highest BCUT2D eigenvalue weighted by atomic mass is 16.4. The fourth-order valence-electron chi connectivity index (χ4n) is 1.46. The smallest absolute Gasteiger partial charge is 0.303 e. The zero-order valence-corrected chi connectivity index (χ0v) is 10.7. The van der Waals surface area contributed by atoms with Crippen LogP contribution in [0.15, 0.2) is 6.07 Å². The molecule has 0 unspecified atom stereocenters. The first-order valence-corrected chi connectivity index (χ1v) is 6.06. The van der Waals surface area contributed by atoms with Crippen LogP contribution in [0.1, 0.15) is 51.1 Å². The summed E-state index contributed by atoms with van der Waals surface area (Å²) in [4.78, 5) is 21.8. The highest BCUT2D eigenvalue weighted by Gasteiger charge is 2.08. The van der Waals surface area contributed by atoms with Crippen molar-refractivity contribution in [2.75, 3.05) is 5.32 Å². The molecule has 0 fully saturated rings. The first-order valence-electron chi connectivity index (χ1n) is 6.06. The number of carboxylic acid groups (broad SMARTS) is 1. The maximum atomic E-state index is 11.5. The van der Waals surface area contributed by atoms with E-state index >= 15 is 0 Å². The fourth-order valence-corrected chi connectivity index (χ4v) is 1.46. The van der Waals surface area contributed by atoms with E-state index < -0.39 is 5.97 Å². The molecule has 18 heavy (non-hydrogen) atoms. The number of nitrogens with zero attached hydrogens (tertiary/aromatic N) is 1. The second-order valence-electron chi connectivity index (χ2n) is 4.51. The minimum absolute atomic E-state index is 0.104. The normalized spacial score (nSPS) is 10.6. The van der Waals surface area contributed by atoms with Crippen molar-refractivity contribution >= 4 is 17.7 Å². The van der Waals surface area contributed by atoms with E-state index in [-0.39, 0.29) is 12.3 Å².